The number of aryl methyl sites for hydroxylation is 1. The van der Waals surface area contributed by atoms with Crippen molar-refractivity contribution in [1.29, 1.82) is 0 Å². The molecule has 3 rings (SSSR count). The predicted molar refractivity (Wildman–Crippen MR) is 102 cm³/mol. The molecule has 0 saturated heterocycles. The van der Waals surface area contributed by atoms with Crippen molar-refractivity contribution in [3.8, 4) is 5.75 Å². The van der Waals surface area contributed by atoms with Crippen LogP contribution in [-0.2, 0) is 16.1 Å². The van der Waals surface area contributed by atoms with Gasteiger partial charge in [-0.15, -0.1) is 0 Å². The standard InChI is InChI=1S/C22H25NO3/c24-22-16-15-19-12-7-8-13-20(19)25-17-9-2-1-6-14-21(26-23-22)18-10-4-3-5-11-18/h1,3-8,10-13,21H,2,9,14-17H2,(H,23,24)/b6-1+. The highest BCUT2D eigenvalue weighted by molar-refractivity contribution is 5.75. The number of amides is 1. The molecule has 26 heavy (non-hydrogen) atoms. The zero-order valence-electron chi connectivity index (χ0n) is 14.9. The number of hydroxylamine groups is 1. The van der Waals surface area contributed by atoms with Gasteiger partial charge < -0.3 is 4.74 Å². The topological polar surface area (TPSA) is 47.6 Å². The zero-order valence-corrected chi connectivity index (χ0v) is 14.9. The number of rotatable bonds is 1. The minimum Gasteiger partial charge on any atom is -0.493 e. The molecule has 1 heterocycles. The van der Waals surface area contributed by atoms with Crippen molar-refractivity contribution in [2.75, 3.05) is 6.61 Å². The van der Waals surface area contributed by atoms with Crippen LogP contribution in [0, 0.1) is 0 Å². The smallest absolute Gasteiger partial charge is 0.243 e. The second kappa shape index (κ2) is 9.78. The van der Waals surface area contributed by atoms with Crippen LogP contribution >= 0.6 is 0 Å². The first-order chi connectivity index (χ1) is 12.8. The van der Waals surface area contributed by atoms with Crippen LogP contribution in [0.4, 0.5) is 0 Å². The van der Waals surface area contributed by atoms with Crippen LogP contribution in [-0.4, -0.2) is 12.5 Å². The highest BCUT2D eigenvalue weighted by Crippen LogP contribution is 2.22. The number of ether oxygens (including phenoxy) is 1. The number of fused-ring (bicyclic) bond motifs is 1. The third-order valence-electron chi connectivity index (χ3n) is 4.37. The molecule has 0 radical (unpaired) electrons. The van der Waals surface area contributed by atoms with E-state index in [9.17, 15) is 4.79 Å². The lowest BCUT2D eigenvalue weighted by Gasteiger charge is -2.17. The summed E-state index contributed by atoms with van der Waals surface area (Å²) in [6.07, 6.45) is 7.68. The van der Waals surface area contributed by atoms with Crippen LogP contribution in [0.15, 0.2) is 66.7 Å². The maximum Gasteiger partial charge on any atom is 0.243 e. The van der Waals surface area contributed by atoms with Gasteiger partial charge in [-0.05, 0) is 42.9 Å². The van der Waals surface area contributed by atoms with E-state index >= 15 is 0 Å². The summed E-state index contributed by atoms with van der Waals surface area (Å²) in [6.45, 7) is 0.673. The summed E-state index contributed by atoms with van der Waals surface area (Å²) < 4.78 is 5.89. The maximum absolute atomic E-state index is 12.2. The number of benzene rings is 2. The molecule has 1 N–H and O–H groups in total. The van der Waals surface area contributed by atoms with Crippen LogP contribution in [0.25, 0.3) is 0 Å². The molecular weight excluding hydrogens is 326 g/mol. The first-order valence-corrected chi connectivity index (χ1v) is 9.18. The molecular formula is C22H25NO3. The largest absolute Gasteiger partial charge is 0.493 e. The Balaban J connectivity index is 1.70. The molecule has 1 aliphatic heterocycles. The monoisotopic (exact) mass is 351 g/mol. The molecule has 0 bridgehead atoms. The van der Waals surface area contributed by atoms with Gasteiger partial charge in [0.2, 0.25) is 5.91 Å². The first kappa shape index (κ1) is 18.2. The van der Waals surface area contributed by atoms with E-state index in [1.165, 1.54) is 0 Å². The van der Waals surface area contributed by atoms with Crippen LogP contribution in [0.3, 0.4) is 0 Å². The zero-order chi connectivity index (χ0) is 18.0. The average molecular weight is 351 g/mol. The Morgan fingerprint density at radius 3 is 2.62 bits per heavy atom. The summed E-state index contributed by atoms with van der Waals surface area (Å²) in [5.41, 5.74) is 4.72. The Morgan fingerprint density at radius 1 is 0.923 bits per heavy atom. The van der Waals surface area contributed by atoms with E-state index in [0.29, 0.717) is 25.9 Å². The summed E-state index contributed by atoms with van der Waals surface area (Å²) in [7, 11) is 0. The van der Waals surface area contributed by atoms with Crippen LogP contribution in [0.5, 0.6) is 5.75 Å². The van der Waals surface area contributed by atoms with Gasteiger partial charge in [0.25, 0.3) is 0 Å². The van der Waals surface area contributed by atoms with Crippen molar-refractivity contribution in [3.05, 3.63) is 77.9 Å². The Hall–Kier alpha value is -2.59. The van der Waals surface area contributed by atoms with Crippen LogP contribution < -0.4 is 10.2 Å². The van der Waals surface area contributed by atoms with E-state index in [1.807, 2.05) is 54.6 Å². The van der Waals surface area contributed by atoms with Gasteiger partial charge >= 0.3 is 0 Å². The number of para-hydroxylation sites is 1. The summed E-state index contributed by atoms with van der Waals surface area (Å²) in [5, 5.41) is 0. The van der Waals surface area contributed by atoms with Crippen LogP contribution in [0.2, 0.25) is 0 Å². The quantitative estimate of drug-likeness (QED) is 0.768. The van der Waals surface area contributed by atoms with E-state index in [0.717, 1.165) is 29.7 Å². The lowest BCUT2D eigenvalue weighted by molar-refractivity contribution is -0.138. The van der Waals surface area contributed by atoms with Gasteiger partial charge in [0.15, 0.2) is 0 Å². The molecule has 0 fully saturated rings. The second-order valence-corrected chi connectivity index (χ2v) is 6.35. The molecule has 2 aromatic carbocycles. The number of allylic oxidation sites excluding steroid dienone is 1. The molecule has 0 aliphatic carbocycles. The van der Waals surface area contributed by atoms with Gasteiger partial charge in [0.05, 0.1) is 6.61 Å². The summed E-state index contributed by atoms with van der Waals surface area (Å²) in [4.78, 5) is 17.9. The number of carbonyl (C=O) groups is 1. The molecule has 1 aliphatic rings. The van der Waals surface area contributed by atoms with Crippen molar-refractivity contribution in [3.63, 3.8) is 0 Å². The summed E-state index contributed by atoms with van der Waals surface area (Å²) in [5.74, 6) is 0.738. The lowest BCUT2D eigenvalue weighted by atomic mass is 10.1. The van der Waals surface area contributed by atoms with E-state index in [2.05, 4.69) is 17.6 Å². The number of hydrogen-bond acceptors (Lipinski definition) is 3. The molecule has 1 unspecified atom stereocenters. The van der Waals surface area contributed by atoms with Crippen molar-refractivity contribution >= 4 is 5.91 Å². The van der Waals surface area contributed by atoms with Gasteiger partial charge in [-0.3, -0.25) is 9.63 Å². The Bertz CT molecular complexity index is 727. The lowest BCUT2D eigenvalue weighted by Crippen LogP contribution is -2.26. The number of nitrogens with one attached hydrogen (secondary N) is 1. The third-order valence-corrected chi connectivity index (χ3v) is 4.37. The fraction of sp³-hybridized carbons (Fsp3) is 0.318. The molecule has 0 spiro atoms. The van der Waals surface area contributed by atoms with E-state index in [-0.39, 0.29) is 12.0 Å². The predicted octanol–water partition coefficient (Wildman–Crippen LogP) is 4.53. The number of hydrogen-bond donors (Lipinski definition) is 1. The van der Waals surface area contributed by atoms with Crippen LogP contribution in [0.1, 0.15) is 42.9 Å². The van der Waals surface area contributed by atoms with Gasteiger partial charge in [0, 0.05) is 6.42 Å². The minimum atomic E-state index is -0.190. The van der Waals surface area contributed by atoms with Gasteiger partial charge in [-0.1, -0.05) is 60.7 Å². The molecule has 4 nitrogen and oxygen atoms in total. The summed E-state index contributed by atoms with van der Waals surface area (Å²) in [6, 6.07) is 17.9. The highest BCUT2D eigenvalue weighted by Gasteiger charge is 2.13. The van der Waals surface area contributed by atoms with E-state index in [1.54, 1.807) is 0 Å². The number of carbonyl (C=O) groups excluding carboxylic acids is 1. The van der Waals surface area contributed by atoms with Gasteiger partial charge in [-0.25, -0.2) is 5.48 Å². The Morgan fingerprint density at radius 2 is 1.73 bits per heavy atom. The van der Waals surface area contributed by atoms with Gasteiger partial charge in [0.1, 0.15) is 11.9 Å². The second-order valence-electron chi connectivity index (χ2n) is 6.35. The van der Waals surface area contributed by atoms with Crippen molar-refractivity contribution in [1.82, 2.24) is 5.48 Å². The molecule has 1 atom stereocenters. The fourth-order valence-electron chi connectivity index (χ4n) is 2.93. The van der Waals surface area contributed by atoms with Crippen molar-refractivity contribution in [2.24, 2.45) is 0 Å². The van der Waals surface area contributed by atoms with Crippen molar-refractivity contribution in [2.45, 2.75) is 38.2 Å². The molecule has 0 saturated carbocycles. The fourth-order valence-corrected chi connectivity index (χ4v) is 2.93. The third kappa shape index (κ3) is 5.46. The van der Waals surface area contributed by atoms with E-state index in [4.69, 9.17) is 9.57 Å². The van der Waals surface area contributed by atoms with Crippen molar-refractivity contribution < 1.29 is 14.4 Å². The minimum absolute atomic E-state index is 0.125. The average Bonchev–Trinajstić information content (AvgIpc) is 2.69. The van der Waals surface area contributed by atoms with E-state index < -0.39 is 0 Å². The Kier molecular flexibility index (Phi) is 6.85. The summed E-state index contributed by atoms with van der Waals surface area (Å²) >= 11 is 0. The SMILES string of the molecule is O=C1CCc2ccccc2OCCC/C=C/CC(c2ccccc2)ON1. The Labute approximate surface area is 154 Å². The first-order valence-electron chi connectivity index (χ1n) is 9.18. The molecule has 1 amide bonds. The highest BCUT2D eigenvalue weighted by atomic mass is 16.7. The normalized spacial score (nSPS) is 20.6. The molecule has 0 aromatic heterocycles. The maximum atomic E-state index is 12.2. The van der Waals surface area contributed by atoms with Gasteiger partial charge in [-0.2, -0.15) is 0 Å². The molecule has 2 aromatic rings. The molecule has 4 heteroatoms. The molecule has 136 valence electrons.